The van der Waals surface area contributed by atoms with Crippen LogP contribution in [0.4, 0.5) is 13.2 Å². The predicted octanol–water partition coefficient (Wildman–Crippen LogP) is 3.10. The van der Waals surface area contributed by atoms with Crippen LogP contribution in [0.15, 0.2) is 30.5 Å². The molecule has 19 heavy (non-hydrogen) atoms. The zero-order valence-corrected chi connectivity index (χ0v) is 10.7. The highest BCUT2D eigenvalue weighted by atomic mass is 19.4. The Labute approximate surface area is 109 Å². The summed E-state index contributed by atoms with van der Waals surface area (Å²) in [7, 11) is 3.95. The number of fused-ring (bicyclic) bond motifs is 1. The zero-order valence-electron chi connectivity index (χ0n) is 10.7. The van der Waals surface area contributed by atoms with E-state index in [1.165, 1.54) is 12.1 Å². The van der Waals surface area contributed by atoms with E-state index in [-0.39, 0.29) is 5.75 Å². The van der Waals surface area contributed by atoms with Gasteiger partial charge in [0.25, 0.3) is 0 Å². The van der Waals surface area contributed by atoms with Crippen LogP contribution in [0.2, 0.25) is 0 Å². The largest absolute Gasteiger partial charge is 0.573 e. The number of benzene rings is 1. The van der Waals surface area contributed by atoms with Crippen LogP contribution in [0.25, 0.3) is 10.9 Å². The molecule has 2 rings (SSSR count). The van der Waals surface area contributed by atoms with Crippen molar-refractivity contribution in [1.29, 1.82) is 0 Å². The Kier molecular flexibility index (Phi) is 3.71. The minimum absolute atomic E-state index is 0.189. The first-order chi connectivity index (χ1) is 8.85. The van der Waals surface area contributed by atoms with Crippen molar-refractivity contribution in [1.82, 2.24) is 9.47 Å². The number of ether oxygens (including phenoxy) is 1. The van der Waals surface area contributed by atoms with Crippen LogP contribution in [0.1, 0.15) is 0 Å². The molecule has 0 aliphatic heterocycles. The molecule has 0 aliphatic rings. The van der Waals surface area contributed by atoms with Crippen LogP contribution in [0, 0.1) is 0 Å². The number of nitrogens with zero attached hydrogens (tertiary/aromatic N) is 2. The summed E-state index contributed by atoms with van der Waals surface area (Å²) in [6.45, 7) is 1.65. The lowest BCUT2D eigenvalue weighted by molar-refractivity contribution is -0.274. The summed E-state index contributed by atoms with van der Waals surface area (Å²) in [5.41, 5.74) is 0.899. The summed E-state index contributed by atoms with van der Waals surface area (Å²) in [5, 5.41) is 0.737. The van der Waals surface area contributed by atoms with E-state index in [9.17, 15) is 13.2 Å². The van der Waals surface area contributed by atoms with E-state index in [0.717, 1.165) is 24.0 Å². The minimum atomic E-state index is -4.65. The van der Waals surface area contributed by atoms with Crippen LogP contribution in [-0.4, -0.2) is 36.5 Å². The first-order valence-corrected chi connectivity index (χ1v) is 5.84. The molecule has 1 heterocycles. The predicted molar refractivity (Wildman–Crippen MR) is 67.2 cm³/mol. The molecule has 0 saturated heterocycles. The average Bonchev–Trinajstić information content (AvgIpc) is 2.66. The van der Waals surface area contributed by atoms with E-state index in [0.29, 0.717) is 0 Å². The van der Waals surface area contributed by atoms with Gasteiger partial charge in [0.2, 0.25) is 0 Å². The van der Waals surface area contributed by atoms with Gasteiger partial charge in [-0.3, -0.25) is 0 Å². The van der Waals surface area contributed by atoms with Crippen molar-refractivity contribution in [3.63, 3.8) is 0 Å². The number of rotatable bonds is 4. The molecule has 2 aromatic rings. The Hall–Kier alpha value is -1.69. The zero-order chi connectivity index (χ0) is 14.0. The summed E-state index contributed by atoms with van der Waals surface area (Å²) < 4.78 is 42.3. The number of halogens is 3. The Balaban J connectivity index is 2.21. The van der Waals surface area contributed by atoms with E-state index in [4.69, 9.17) is 0 Å². The van der Waals surface area contributed by atoms with Crippen LogP contribution in [0.3, 0.4) is 0 Å². The third-order valence-corrected chi connectivity index (χ3v) is 2.76. The van der Waals surface area contributed by atoms with E-state index in [1.54, 1.807) is 12.1 Å². The quantitative estimate of drug-likeness (QED) is 0.851. The van der Waals surface area contributed by atoms with Gasteiger partial charge >= 0.3 is 6.36 Å². The number of hydrogen-bond acceptors (Lipinski definition) is 2. The molecule has 104 valence electrons. The van der Waals surface area contributed by atoms with Gasteiger partial charge in [-0.15, -0.1) is 13.2 Å². The molecule has 0 saturated carbocycles. The van der Waals surface area contributed by atoms with Crippen LogP contribution < -0.4 is 4.74 Å². The van der Waals surface area contributed by atoms with Crippen molar-refractivity contribution < 1.29 is 17.9 Å². The molecule has 0 N–H and O–H groups in total. The molecule has 0 atom stereocenters. The maximum Gasteiger partial charge on any atom is 0.573 e. The molecule has 6 heteroatoms. The van der Waals surface area contributed by atoms with Gasteiger partial charge in [0.05, 0.1) is 0 Å². The van der Waals surface area contributed by atoms with Crippen molar-refractivity contribution >= 4 is 10.9 Å². The summed E-state index contributed by atoms with van der Waals surface area (Å²) >= 11 is 0. The van der Waals surface area contributed by atoms with Crippen LogP contribution >= 0.6 is 0 Å². The lowest BCUT2D eigenvalue weighted by Gasteiger charge is -2.12. The monoisotopic (exact) mass is 272 g/mol. The van der Waals surface area contributed by atoms with Gasteiger partial charge in [0.1, 0.15) is 5.75 Å². The molecule has 3 nitrogen and oxygen atoms in total. The molecule has 0 unspecified atom stereocenters. The fourth-order valence-electron chi connectivity index (χ4n) is 1.88. The molecule has 0 spiro atoms. The van der Waals surface area contributed by atoms with E-state index in [2.05, 4.69) is 4.74 Å². The fraction of sp³-hybridized carbons (Fsp3) is 0.385. The smallest absolute Gasteiger partial charge is 0.406 e. The van der Waals surface area contributed by atoms with Gasteiger partial charge in [-0.2, -0.15) is 0 Å². The van der Waals surface area contributed by atoms with Gasteiger partial charge in [-0.1, -0.05) is 0 Å². The molecule has 0 fully saturated rings. The molecule has 0 bridgehead atoms. The van der Waals surface area contributed by atoms with Gasteiger partial charge in [0, 0.05) is 30.2 Å². The first kappa shape index (κ1) is 13.7. The summed E-state index contributed by atoms with van der Waals surface area (Å²) in [6.07, 6.45) is -2.79. The van der Waals surface area contributed by atoms with Crippen molar-refractivity contribution in [2.75, 3.05) is 20.6 Å². The maximum atomic E-state index is 12.1. The summed E-state index contributed by atoms with van der Waals surface area (Å²) in [6, 6.07) is 6.16. The third-order valence-electron chi connectivity index (χ3n) is 2.76. The van der Waals surface area contributed by atoms with E-state index >= 15 is 0 Å². The highest BCUT2D eigenvalue weighted by Crippen LogP contribution is 2.27. The van der Waals surface area contributed by atoms with Crippen LogP contribution in [-0.2, 0) is 6.54 Å². The lowest BCUT2D eigenvalue weighted by atomic mass is 10.2. The molecule has 1 aromatic heterocycles. The Morgan fingerprint density at radius 1 is 1.21 bits per heavy atom. The normalized spacial score (nSPS) is 12.3. The van der Waals surface area contributed by atoms with E-state index in [1.807, 2.05) is 29.8 Å². The van der Waals surface area contributed by atoms with Crippen LogP contribution in [0.5, 0.6) is 5.75 Å². The second-order valence-electron chi connectivity index (χ2n) is 4.58. The van der Waals surface area contributed by atoms with Gasteiger partial charge in [-0.25, -0.2) is 0 Å². The highest BCUT2D eigenvalue weighted by Gasteiger charge is 2.31. The molecule has 0 aliphatic carbocycles. The van der Waals surface area contributed by atoms with Gasteiger partial charge in [0.15, 0.2) is 0 Å². The maximum absolute atomic E-state index is 12.1. The van der Waals surface area contributed by atoms with Crippen molar-refractivity contribution in [2.24, 2.45) is 0 Å². The second-order valence-corrected chi connectivity index (χ2v) is 4.58. The summed E-state index contributed by atoms with van der Waals surface area (Å²) in [5.74, 6) is -0.189. The molecular formula is C13H15F3N2O. The van der Waals surface area contributed by atoms with Gasteiger partial charge < -0.3 is 14.2 Å². The van der Waals surface area contributed by atoms with Gasteiger partial charge in [-0.05, 0) is 38.4 Å². The number of likely N-dealkylation sites (N-methyl/N-ethyl adjacent to an activating group) is 1. The molecule has 1 aromatic carbocycles. The highest BCUT2D eigenvalue weighted by molar-refractivity contribution is 5.81. The van der Waals surface area contributed by atoms with Crippen molar-refractivity contribution in [3.05, 3.63) is 30.5 Å². The Morgan fingerprint density at radius 2 is 1.95 bits per heavy atom. The topological polar surface area (TPSA) is 17.4 Å². The first-order valence-electron chi connectivity index (χ1n) is 5.84. The standard InChI is InChI=1S/C13H15F3N2O/c1-17(2)7-8-18-6-5-10-9-11(3-4-12(10)18)19-13(14,15)16/h3-6,9H,7-8H2,1-2H3. The Morgan fingerprint density at radius 3 is 2.58 bits per heavy atom. The number of aromatic nitrogens is 1. The minimum Gasteiger partial charge on any atom is -0.406 e. The number of hydrogen-bond donors (Lipinski definition) is 0. The van der Waals surface area contributed by atoms with Crippen molar-refractivity contribution in [3.8, 4) is 5.75 Å². The fourth-order valence-corrected chi connectivity index (χ4v) is 1.88. The molecule has 0 amide bonds. The second kappa shape index (κ2) is 5.13. The third kappa shape index (κ3) is 3.64. The van der Waals surface area contributed by atoms with E-state index < -0.39 is 6.36 Å². The van der Waals surface area contributed by atoms with Crippen molar-refractivity contribution in [2.45, 2.75) is 12.9 Å². The lowest BCUT2D eigenvalue weighted by Crippen LogP contribution is -2.18. The SMILES string of the molecule is CN(C)CCn1ccc2cc(OC(F)(F)F)ccc21. The Bertz CT molecular complexity index is 561. The summed E-state index contributed by atoms with van der Waals surface area (Å²) in [4.78, 5) is 2.05. The molecule has 0 radical (unpaired) electrons. The molecular weight excluding hydrogens is 257 g/mol. The average molecular weight is 272 g/mol. The number of alkyl halides is 3.